The highest BCUT2D eigenvalue weighted by Gasteiger charge is 2.22. The molecule has 0 saturated carbocycles. The lowest BCUT2D eigenvalue weighted by Crippen LogP contribution is -2.44. The summed E-state index contributed by atoms with van der Waals surface area (Å²) in [6.45, 7) is 7.24. The molecule has 1 amide bonds. The molecule has 0 aromatic carbocycles. The van der Waals surface area contributed by atoms with E-state index in [1.807, 2.05) is 0 Å². The third kappa shape index (κ3) is 6.30. The number of likely N-dealkylation sites (N-methyl/N-ethyl adjacent to an activating group) is 1. The van der Waals surface area contributed by atoms with E-state index in [-0.39, 0.29) is 12.6 Å². The zero-order chi connectivity index (χ0) is 12.2. The zero-order valence-corrected chi connectivity index (χ0v) is 10.2. The van der Waals surface area contributed by atoms with Crippen LogP contribution in [0.4, 0.5) is 4.79 Å². The van der Waals surface area contributed by atoms with Gasteiger partial charge in [-0.15, -0.1) is 0 Å². The van der Waals surface area contributed by atoms with Crippen molar-refractivity contribution in [2.45, 2.75) is 45.4 Å². The second-order valence-electron chi connectivity index (χ2n) is 4.79. The molecule has 0 rings (SSSR count). The van der Waals surface area contributed by atoms with Crippen molar-refractivity contribution in [1.82, 2.24) is 4.90 Å². The first-order chi connectivity index (χ1) is 6.63. The minimum Gasteiger partial charge on any atom is -0.444 e. The molecule has 15 heavy (non-hydrogen) atoms. The number of hydrogen-bond acceptors (Lipinski definition) is 4. The van der Waals surface area contributed by atoms with E-state index in [0.717, 1.165) is 0 Å². The summed E-state index contributed by atoms with van der Waals surface area (Å²) in [6.07, 6.45) is -1.19. The van der Waals surface area contributed by atoms with Crippen LogP contribution in [0.1, 0.15) is 27.7 Å². The smallest absolute Gasteiger partial charge is 0.410 e. The van der Waals surface area contributed by atoms with Crippen LogP contribution in [0.2, 0.25) is 0 Å². The molecule has 0 aliphatic heterocycles. The number of amides is 1. The number of nitrogens with zero attached hydrogens (tertiary/aromatic N) is 1. The number of carbonyl (C=O) groups excluding carboxylic acids is 1. The fraction of sp³-hybridized carbons (Fsp3) is 0.900. The van der Waals surface area contributed by atoms with E-state index in [0.29, 0.717) is 0 Å². The number of aliphatic hydroxyl groups excluding tert-OH is 1. The summed E-state index contributed by atoms with van der Waals surface area (Å²) >= 11 is 0. The van der Waals surface area contributed by atoms with Crippen LogP contribution in [-0.2, 0) is 4.74 Å². The molecule has 2 atom stereocenters. The molecule has 0 aromatic heterocycles. The van der Waals surface area contributed by atoms with Crippen LogP contribution in [0.15, 0.2) is 0 Å². The Morgan fingerprint density at radius 3 is 2.33 bits per heavy atom. The first kappa shape index (κ1) is 14.2. The number of hydrogen-bond donors (Lipinski definition) is 2. The topological polar surface area (TPSA) is 75.8 Å². The predicted molar refractivity (Wildman–Crippen MR) is 58.5 cm³/mol. The van der Waals surface area contributed by atoms with Crippen LogP contribution in [0, 0.1) is 0 Å². The number of ether oxygens (including phenoxy) is 1. The highest BCUT2D eigenvalue weighted by atomic mass is 16.6. The summed E-state index contributed by atoms with van der Waals surface area (Å²) in [6, 6.07) is -0.366. The van der Waals surface area contributed by atoms with Crippen LogP contribution in [-0.4, -0.2) is 47.4 Å². The van der Waals surface area contributed by atoms with E-state index in [2.05, 4.69) is 0 Å². The Hall–Kier alpha value is -0.810. The third-order valence-electron chi connectivity index (χ3n) is 1.77. The van der Waals surface area contributed by atoms with Crippen molar-refractivity contribution >= 4 is 6.09 Å². The van der Waals surface area contributed by atoms with Gasteiger partial charge in [0.05, 0.1) is 12.6 Å². The molecule has 0 heterocycles. The Labute approximate surface area is 91.2 Å². The number of aliphatic hydroxyl groups is 1. The number of carbonyl (C=O) groups is 1. The van der Waals surface area contributed by atoms with Crippen molar-refractivity contribution < 1.29 is 14.6 Å². The largest absolute Gasteiger partial charge is 0.444 e. The van der Waals surface area contributed by atoms with Gasteiger partial charge in [0.2, 0.25) is 0 Å². The van der Waals surface area contributed by atoms with E-state index < -0.39 is 17.8 Å². The fourth-order valence-corrected chi connectivity index (χ4v) is 0.861. The molecule has 2 unspecified atom stereocenters. The van der Waals surface area contributed by atoms with Crippen molar-refractivity contribution in [3.8, 4) is 0 Å². The van der Waals surface area contributed by atoms with Crippen LogP contribution in [0.3, 0.4) is 0 Å². The van der Waals surface area contributed by atoms with Gasteiger partial charge in [0.1, 0.15) is 5.60 Å². The highest BCUT2D eigenvalue weighted by molar-refractivity contribution is 5.67. The van der Waals surface area contributed by atoms with Gasteiger partial charge < -0.3 is 20.5 Å². The maximum Gasteiger partial charge on any atom is 0.410 e. The van der Waals surface area contributed by atoms with Gasteiger partial charge in [-0.05, 0) is 27.7 Å². The second kappa shape index (κ2) is 5.32. The molecule has 0 aliphatic rings. The molecule has 0 spiro atoms. The van der Waals surface area contributed by atoms with E-state index in [9.17, 15) is 9.90 Å². The van der Waals surface area contributed by atoms with Crippen LogP contribution in [0.5, 0.6) is 0 Å². The standard InChI is InChI=1S/C10H22N2O3/c1-7(11)8(13)6-12(5)9(14)15-10(2,3)4/h7-8,13H,6,11H2,1-5H3. The van der Waals surface area contributed by atoms with Gasteiger partial charge >= 0.3 is 6.09 Å². The highest BCUT2D eigenvalue weighted by Crippen LogP contribution is 2.09. The maximum atomic E-state index is 11.5. The van der Waals surface area contributed by atoms with Gasteiger partial charge in [0.25, 0.3) is 0 Å². The normalized spacial score (nSPS) is 15.7. The van der Waals surface area contributed by atoms with E-state index >= 15 is 0 Å². The molecule has 0 bridgehead atoms. The third-order valence-corrected chi connectivity index (χ3v) is 1.77. The van der Waals surface area contributed by atoms with Gasteiger partial charge in [-0.25, -0.2) is 4.79 Å². The fourth-order valence-electron chi connectivity index (χ4n) is 0.861. The minimum atomic E-state index is -0.734. The molecule has 0 saturated heterocycles. The average molecular weight is 218 g/mol. The molecule has 5 heteroatoms. The van der Waals surface area contributed by atoms with E-state index in [1.54, 1.807) is 34.7 Å². The molecular weight excluding hydrogens is 196 g/mol. The summed E-state index contributed by atoms with van der Waals surface area (Å²) in [5.74, 6) is 0. The van der Waals surface area contributed by atoms with Crippen LogP contribution < -0.4 is 5.73 Å². The Kier molecular flexibility index (Phi) is 5.03. The van der Waals surface area contributed by atoms with Gasteiger partial charge in [0, 0.05) is 13.1 Å². The second-order valence-corrected chi connectivity index (χ2v) is 4.79. The van der Waals surface area contributed by atoms with E-state index in [1.165, 1.54) is 4.90 Å². The summed E-state index contributed by atoms with van der Waals surface area (Å²) in [7, 11) is 1.57. The quantitative estimate of drug-likeness (QED) is 0.725. The van der Waals surface area contributed by atoms with Gasteiger partial charge in [-0.3, -0.25) is 0 Å². The van der Waals surface area contributed by atoms with Gasteiger partial charge in [-0.1, -0.05) is 0 Å². The van der Waals surface area contributed by atoms with Crippen LogP contribution in [0.25, 0.3) is 0 Å². The summed E-state index contributed by atoms with van der Waals surface area (Å²) < 4.78 is 5.12. The Morgan fingerprint density at radius 2 is 2.00 bits per heavy atom. The van der Waals surface area contributed by atoms with E-state index in [4.69, 9.17) is 10.5 Å². The molecule has 5 nitrogen and oxygen atoms in total. The zero-order valence-electron chi connectivity index (χ0n) is 10.2. The molecule has 0 fully saturated rings. The van der Waals surface area contributed by atoms with Gasteiger partial charge in [0.15, 0.2) is 0 Å². The van der Waals surface area contributed by atoms with Crippen molar-refractivity contribution in [1.29, 1.82) is 0 Å². The molecular formula is C10H22N2O3. The molecule has 90 valence electrons. The van der Waals surface area contributed by atoms with Crippen molar-refractivity contribution in [2.75, 3.05) is 13.6 Å². The lowest BCUT2D eigenvalue weighted by Gasteiger charge is -2.26. The Balaban J connectivity index is 4.11. The molecule has 0 aromatic rings. The average Bonchev–Trinajstić information content (AvgIpc) is 2.00. The predicted octanol–water partition coefficient (Wildman–Crippen LogP) is 0.561. The summed E-state index contributed by atoms with van der Waals surface area (Å²) in [5, 5.41) is 9.47. The number of nitrogens with two attached hydrogens (primary N) is 1. The van der Waals surface area contributed by atoms with Gasteiger partial charge in [-0.2, -0.15) is 0 Å². The first-order valence-electron chi connectivity index (χ1n) is 5.01. The van der Waals surface area contributed by atoms with Crippen molar-refractivity contribution in [3.63, 3.8) is 0 Å². The Morgan fingerprint density at radius 1 is 1.53 bits per heavy atom. The Bertz CT molecular complexity index is 211. The lowest BCUT2D eigenvalue weighted by atomic mass is 10.2. The number of rotatable bonds is 3. The molecule has 0 radical (unpaired) electrons. The maximum absolute atomic E-state index is 11.5. The first-order valence-corrected chi connectivity index (χ1v) is 5.01. The lowest BCUT2D eigenvalue weighted by molar-refractivity contribution is 0.0188. The van der Waals surface area contributed by atoms with Crippen molar-refractivity contribution in [2.24, 2.45) is 5.73 Å². The summed E-state index contributed by atoms with van der Waals surface area (Å²) in [4.78, 5) is 12.8. The molecule has 3 N–H and O–H groups in total. The summed E-state index contributed by atoms with van der Waals surface area (Å²) in [5.41, 5.74) is 4.96. The van der Waals surface area contributed by atoms with Crippen LogP contribution >= 0.6 is 0 Å². The monoisotopic (exact) mass is 218 g/mol. The minimum absolute atomic E-state index is 0.173. The van der Waals surface area contributed by atoms with Crippen molar-refractivity contribution in [3.05, 3.63) is 0 Å². The SMILES string of the molecule is CC(N)C(O)CN(C)C(=O)OC(C)(C)C. The molecule has 0 aliphatic carbocycles.